The Morgan fingerprint density at radius 3 is 2.68 bits per heavy atom. The smallest absolute Gasteiger partial charge is 0.383 e. The highest BCUT2D eigenvalue weighted by molar-refractivity contribution is 6.01. The molecule has 0 radical (unpaired) electrons. The molecule has 3 aromatic rings. The first kappa shape index (κ1) is 26.4. The molecule has 0 spiro atoms. The molecule has 2 amide bonds. The lowest BCUT2D eigenvalue weighted by atomic mass is 9.99. The summed E-state index contributed by atoms with van der Waals surface area (Å²) < 4.78 is 37.4. The van der Waals surface area contributed by atoms with Gasteiger partial charge in [0.05, 0.1) is 11.8 Å². The van der Waals surface area contributed by atoms with Gasteiger partial charge in [-0.05, 0) is 60.7 Å². The Labute approximate surface area is 213 Å². The van der Waals surface area contributed by atoms with Gasteiger partial charge in [0.15, 0.2) is 0 Å². The first-order valence-electron chi connectivity index (χ1n) is 12.0. The molecule has 10 heteroatoms. The fraction of sp³-hybridized carbons (Fsp3) is 0.370. The second-order valence-corrected chi connectivity index (χ2v) is 8.80. The normalized spacial score (nSPS) is 14.1. The maximum Gasteiger partial charge on any atom is 0.383 e. The number of amides is 2. The molecule has 8 nitrogen and oxygen atoms in total. The molecule has 196 valence electrons. The number of aryl methyl sites for hydroxylation is 2. The number of hydrogen-bond acceptors (Lipinski definition) is 6. The minimum Gasteiger partial charge on any atom is -0.441 e. The third kappa shape index (κ3) is 5.55. The van der Waals surface area contributed by atoms with Crippen LogP contribution in [0.2, 0.25) is 0 Å². The molecule has 2 N–H and O–H groups in total. The summed E-state index contributed by atoms with van der Waals surface area (Å²) in [7, 11) is 2.48. The lowest BCUT2D eigenvalue weighted by Gasteiger charge is -2.26. The average Bonchev–Trinajstić information content (AvgIpc) is 3.53. The predicted molar refractivity (Wildman–Crippen MR) is 131 cm³/mol. The molecular formula is C27H29F2N3O5. The van der Waals surface area contributed by atoms with Gasteiger partial charge in [-0.2, -0.15) is 8.78 Å². The quantitative estimate of drug-likeness (QED) is 0.406. The van der Waals surface area contributed by atoms with Gasteiger partial charge < -0.3 is 24.5 Å². The molecule has 0 fully saturated rings. The van der Waals surface area contributed by atoms with E-state index in [4.69, 9.17) is 4.42 Å². The molecule has 2 aromatic carbocycles. The van der Waals surface area contributed by atoms with Crippen molar-refractivity contribution < 1.29 is 32.6 Å². The van der Waals surface area contributed by atoms with Crippen molar-refractivity contribution in [3.63, 3.8) is 0 Å². The van der Waals surface area contributed by atoms with E-state index in [9.17, 15) is 23.5 Å². The first-order chi connectivity index (χ1) is 17.8. The summed E-state index contributed by atoms with van der Waals surface area (Å²) >= 11 is 0. The summed E-state index contributed by atoms with van der Waals surface area (Å²) in [5.41, 5.74) is 2.71. The lowest BCUT2D eigenvalue weighted by Crippen LogP contribution is -2.46. The standard InChI is InChI=1S/C27H29F2N3O5/c1-30-24(34)23(7-4-14-33)32-16-22-17(5-3-6-21(22)26(32)35)10-13-20-15-31-25(37-20)18-8-11-19(12-9-18)27(28,29)36-2/h3,5-6,8-9,11-12,15,23,33H,4,7,10,13-14,16H2,1-2H3,(H,30,34). The first-order valence-corrected chi connectivity index (χ1v) is 12.0. The van der Waals surface area contributed by atoms with Crippen LogP contribution in [0.4, 0.5) is 8.78 Å². The zero-order valence-electron chi connectivity index (χ0n) is 20.7. The van der Waals surface area contributed by atoms with E-state index >= 15 is 0 Å². The lowest BCUT2D eigenvalue weighted by molar-refractivity contribution is -0.231. The van der Waals surface area contributed by atoms with Gasteiger partial charge in [-0.15, -0.1) is 0 Å². The predicted octanol–water partition coefficient (Wildman–Crippen LogP) is 3.67. The molecule has 37 heavy (non-hydrogen) atoms. The minimum absolute atomic E-state index is 0.0589. The number of halogens is 2. The van der Waals surface area contributed by atoms with E-state index in [1.165, 1.54) is 31.3 Å². The Kier molecular flexibility index (Phi) is 7.99. The van der Waals surface area contributed by atoms with E-state index in [1.807, 2.05) is 12.1 Å². The number of hydrogen-bond donors (Lipinski definition) is 2. The molecule has 1 atom stereocenters. The van der Waals surface area contributed by atoms with E-state index in [1.54, 1.807) is 17.2 Å². The van der Waals surface area contributed by atoms with Gasteiger partial charge in [0.1, 0.15) is 11.8 Å². The van der Waals surface area contributed by atoms with E-state index in [0.29, 0.717) is 55.0 Å². The number of aromatic nitrogens is 1. The number of nitrogens with zero attached hydrogens (tertiary/aromatic N) is 2. The van der Waals surface area contributed by atoms with Gasteiger partial charge in [0.2, 0.25) is 11.8 Å². The zero-order chi connectivity index (χ0) is 26.6. The van der Waals surface area contributed by atoms with Crippen molar-refractivity contribution in [2.75, 3.05) is 20.8 Å². The van der Waals surface area contributed by atoms with Gasteiger partial charge in [0.25, 0.3) is 5.91 Å². The number of rotatable bonds is 11. The summed E-state index contributed by atoms with van der Waals surface area (Å²) in [5, 5.41) is 11.8. The number of alkyl halides is 2. The van der Waals surface area contributed by atoms with Gasteiger partial charge in [-0.3, -0.25) is 9.59 Å². The van der Waals surface area contributed by atoms with Crippen LogP contribution in [-0.2, 0) is 35.0 Å². The second-order valence-electron chi connectivity index (χ2n) is 8.80. The molecule has 0 aliphatic carbocycles. The number of ether oxygens (including phenoxy) is 1. The summed E-state index contributed by atoms with van der Waals surface area (Å²) in [5.74, 6) is 0.475. The largest absolute Gasteiger partial charge is 0.441 e. The molecule has 4 rings (SSSR count). The zero-order valence-corrected chi connectivity index (χ0v) is 20.7. The number of carbonyl (C=O) groups excluding carboxylic acids is 2. The van der Waals surface area contributed by atoms with Crippen molar-refractivity contribution in [1.82, 2.24) is 15.2 Å². The Morgan fingerprint density at radius 1 is 1.24 bits per heavy atom. The number of aliphatic hydroxyl groups is 1. The van der Waals surface area contributed by atoms with E-state index in [2.05, 4.69) is 15.0 Å². The highest BCUT2D eigenvalue weighted by Crippen LogP contribution is 2.32. The van der Waals surface area contributed by atoms with Crippen molar-refractivity contribution in [2.24, 2.45) is 0 Å². The number of methoxy groups -OCH3 is 1. The number of fused-ring (bicyclic) bond motifs is 1. The van der Waals surface area contributed by atoms with Crippen LogP contribution in [0.25, 0.3) is 11.5 Å². The van der Waals surface area contributed by atoms with Crippen molar-refractivity contribution in [3.8, 4) is 11.5 Å². The van der Waals surface area contributed by atoms with Gasteiger partial charge in [-0.25, -0.2) is 4.98 Å². The Balaban J connectivity index is 1.46. The number of aliphatic hydroxyl groups excluding tert-OH is 1. The van der Waals surface area contributed by atoms with E-state index < -0.39 is 12.2 Å². The number of likely N-dealkylation sites (N-methyl/N-ethyl adjacent to an activating group) is 1. The van der Waals surface area contributed by atoms with E-state index in [0.717, 1.165) is 18.2 Å². The molecule has 0 saturated heterocycles. The van der Waals surface area contributed by atoms with Gasteiger partial charge >= 0.3 is 6.11 Å². The third-order valence-electron chi connectivity index (χ3n) is 6.57. The van der Waals surface area contributed by atoms with Crippen LogP contribution in [0.3, 0.4) is 0 Å². The van der Waals surface area contributed by atoms with E-state index in [-0.39, 0.29) is 24.0 Å². The molecule has 1 aromatic heterocycles. The molecule has 1 aliphatic heterocycles. The Hall–Kier alpha value is -3.63. The van der Waals surface area contributed by atoms with Crippen LogP contribution in [0.1, 0.15) is 45.7 Å². The van der Waals surface area contributed by atoms with Crippen molar-refractivity contribution in [1.29, 1.82) is 0 Å². The van der Waals surface area contributed by atoms with Gasteiger partial charge in [-0.1, -0.05) is 12.1 Å². The summed E-state index contributed by atoms with van der Waals surface area (Å²) in [4.78, 5) is 31.4. The van der Waals surface area contributed by atoms with Crippen LogP contribution >= 0.6 is 0 Å². The summed E-state index contributed by atoms with van der Waals surface area (Å²) in [6, 6.07) is 10.4. The fourth-order valence-electron chi connectivity index (χ4n) is 4.52. The maximum absolute atomic E-state index is 13.7. The van der Waals surface area contributed by atoms with Crippen LogP contribution in [-0.4, -0.2) is 53.6 Å². The third-order valence-corrected chi connectivity index (χ3v) is 6.57. The van der Waals surface area contributed by atoms with Crippen molar-refractivity contribution >= 4 is 11.8 Å². The van der Waals surface area contributed by atoms with Gasteiger partial charge in [0, 0.05) is 44.9 Å². The monoisotopic (exact) mass is 513 g/mol. The number of nitrogens with one attached hydrogen (secondary N) is 1. The van der Waals surface area contributed by atoms with Crippen molar-refractivity contribution in [3.05, 3.63) is 76.7 Å². The maximum atomic E-state index is 13.7. The summed E-state index contributed by atoms with van der Waals surface area (Å²) in [6.45, 7) is 0.255. The second kappa shape index (κ2) is 11.2. The molecule has 0 saturated carbocycles. The number of oxazole rings is 1. The Bertz CT molecular complexity index is 1260. The van der Waals surface area contributed by atoms with Crippen LogP contribution in [0, 0.1) is 0 Å². The van der Waals surface area contributed by atoms with Crippen LogP contribution in [0.5, 0.6) is 0 Å². The highest BCUT2D eigenvalue weighted by atomic mass is 19.3. The molecule has 1 unspecified atom stereocenters. The minimum atomic E-state index is -3.37. The van der Waals surface area contributed by atoms with Crippen molar-refractivity contribution in [2.45, 2.75) is 44.4 Å². The SMILES string of the molecule is CNC(=O)C(CCCO)N1Cc2c(CCc3cnc(-c4ccc(C(F)(F)OC)cc4)o3)cccc2C1=O. The molecule has 2 heterocycles. The number of carbonyl (C=O) groups is 2. The number of benzene rings is 2. The Morgan fingerprint density at radius 2 is 2.00 bits per heavy atom. The summed E-state index contributed by atoms with van der Waals surface area (Å²) in [6.07, 6.45) is 0.114. The average molecular weight is 514 g/mol. The molecule has 1 aliphatic rings. The highest BCUT2D eigenvalue weighted by Gasteiger charge is 2.36. The topological polar surface area (TPSA) is 105 Å². The molecular weight excluding hydrogens is 484 g/mol. The molecule has 0 bridgehead atoms. The fourth-order valence-corrected chi connectivity index (χ4v) is 4.52. The van der Waals surface area contributed by atoms with Crippen LogP contribution in [0.15, 0.2) is 53.1 Å². The van der Waals surface area contributed by atoms with Crippen LogP contribution < -0.4 is 5.32 Å².